The molecule has 3 aromatic carbocycles. The Kier molecular flexibility index (Phi) is 5.14. The third-order valence-electron chi connectivity index (χ3n) is 6.18. The summed E-state index contributed by atoms with van der Waals surface area (Å²) in [7, 11) is 0. The maximum atomic E-state index is 13.8. The van der Waals surface area contributed by atoms with Gasteiger partial charge in [0.2, 0.25) is 5.91 Å². The van der Waals surface area contributed by atoms with E-state index in [2.05, 4.69) is 15.9 Å². The molecule has 0 bridgehead atoms. The number of hydrogen-bond donors (Lipinski definition) is 0. The Balaban J connectivity index is 1.62. The second-order valence-corrected chi connectivity index (χ2v) is 9.39. The van der Waals surface area contributed by atoms with Crippen molar-refractivity contribution in [1.29, 1.82) is 0 Å². The minimum atomic E-state index is -0.869. The van der Waals surface area contributed by atoms with E-state index in [1.54, 1.807) is 5.06 Å². The normalized spacial score (nSPS) is 22.6. The van der Waals surface area contributed by atoms with Crippen LogP contribution < -0.4 is 9.96 Å². The molecule has 2 aliphatic heterocycles. The van der Waals surface area contributed by atoms with E-state index in [1.807, 2.05) is 87.5 Å². The van der Waals surface area contributed by atoms with E-state index in [0.29, 0.717) is 5.69 Å². The van der Waals surface area contributed by atoms with Crippen LogP contribution in [0.4, 0.5) is 11.4 Å². The molecule has 0 spiro atoms. The summed E-state index contributed by atoms with van der Waals surface area (Å²) in [5.41, 5.74) is 5.30. The number of para-hydroxylation sites is 1. The van der Waals surface area contributed by atoms with Crippen LogP contribution in [-0.2, 0) is 14.4 Å². The fourth-order valence-corrected chi connectivity index (χ4v) is 5.41. The number of fused-ring (bicyclic) bond motifs is 1. The average Bonchev–Trinajstić information content (AvgIpc) is 3.26. The zero-order valence-electron chi connectivity index (χ0n) is 18.1. The van der Waals surface area contributed by atoms with E-state index < -0.39 is 18.1 Å². The maximum absolute atomic E-state index is 13.8. The lowest BCUT2D eigenvalue weighted by Gasteiger charge is -2.29. The van der Waals surface area contributed by atoms with Gasteiger partial charge < -0.3 is 0 Å². The van der Waals surface area contributed by atoms with Gasteiger partial charge in [-0.05, 0) is 61.7 Å². The molecule has 5 nitrogen and oxygen atoms in total. The number of halogens is 1. The summed E-state index contributed by atoms with van der Waals surface area (Å²) in [4.78, 5) is 34.9. The molecule has 2 aliphatic rings. The predicted octanol–water partition coefficient (Wildman–Crippen LogP) is 5.43. The summed E-state index contributed by atoms with van der Waals surface area (Å²) < 4.78 is 0.908. The number of aryl methyl sites for hydroxylation is 3. The number of carbonyl (C=O) groups excluding carboxylic acids is 2. The van der Waals surface area contributed by atoms with Crippen LogP contribution >= 0.6 is 15.9 Å². The monoisotopic (exact) mass is 490 g/mol. The van der Waals surface area contributed by atoms with Gasteiger partial charge in [-0.15, -0.1) is 0 Å². The highest BCUT2D eigenvalue weighted by Gasteiger charge is 2.60. The molecule has 6 heteroatoms. The number of anilines is 2. The molecule has 2 amide bonds. The number of nitrogens with zero attached hydrogens (tertiary/aromatic N) is 2. The van der Waals surface area contributed by atoms with Crippen LogP contribution in [0, 0.1) is 26.7 Å². The van der Waals surface area contributed by atoms with Gasteiger partial charge in [-0.3, -0.25) is 14.4 Å². The SMILES string of the molecule is Cc1cc(C)c(N2C(=O)[C@H]3[C@@H](ON(c4ccccc4)[C@H]3c3cccc(Br)c3)C2=O)c(C)c1. The van der Waals surface area contributed by atoms with Crippen molar-refractivity contribution in [1.82, 2.24) is 0 Å². The fourth-order valence-electron chi connectivity index (χ4n) is 4.99. The third kappa shape index (κ3) is 3.26. The molecule has 0 unspecified atom stereocenters. The van der Waals surface area contributed by atoms with Crippen LogP contribution in [0.15, 0.2) is 71.2 Å². The second-order valence-electron chi connectivity index (χ2n) is 8.47. The van der Waals surface area contributed by atoms with Crippen LogP contribution in [0.2, 0.25) is 0 Å². The quantitative estimate of drug-likeness (QED) is 0.459. The zero-order valence-corrected chi connectivity index (χ0v) is 19.7. The first-order valence-electron chi connectivity index (χ1n) is 10.6. The molecule has 162 valence electrons. The molecule has 0 aromatic heterocycles. The molecule has 0 aliphatic carbocycles. The van der Waals surface area contributed by atoms with Gasteiger partial charge in [0.1, 0.15) is 5.92 Å². The Bertz CT molecular complexity index is 1200. The number of hydroxylamine groups is 1. The Hall–Kier alpha value is -2.96. The van der Waals surface area contributed by atoms with Gasteiger partial charge in [-0.25, -0.2) is 9.96 Å². The van der Waals surface area contributed by atoms with Crippen LogP contribution in [0.3, 0.4) is 0 Å². The Morgan fingerprint density at radius 3 is 2.19 bits per heavy atom. The van der Waals surface area contributed by atoms with E-state index >= 15 is 0 Å². The van der Waals surface area contributed by atoms with Crippen LogP contribution in [0.5, 0.6) is 0 Å². The van der Waals surface area contributed by atoms with Crippen molar-refractivity contribution in [3.63, 3.8) is 0 Å². The lowest BCUT2D eigenvalue weighted by Crippen LogP contribution is -2.38. The third-order valence-corrected chi connectivity index (χ3v) is 6.67. The molecule has 5 rings (SSSR count). The van der Waals surface area contributed by atoms with Gasteiger partial charge in [0.15, 0.2) is 6.10 Å². The van der Waals surface area contributed by atoms with Gasteiger partial charge in [0, 0.05) is 4.47 Å². The minimum Gasteiger partial charge on any atom is -0.273 e. The van der Waals surface area contributed by atoms with E-state index in [0.717, 1.165) is 32.4 Å². The summed E-state index contributed by atoms with van der Waals surface area (Å²) in [6.45, 7) is 5.89. The number of rotatable bonds is 3. The summed E-state index contributed by atoms with van der Waals surface area (Å²) in [6, 6.07) is 21.0. The maximum Gasteiger partial charge on any atom is 0.266 e. The molecule has 32 heavy (non-hydrogen) atoms. The lowest BCUT2D eigenvalue weighted by atomic mass is 9.90. The Labute approximate surface area is 195 Å². The van der Waals surface area contributed by atoms with Crippen molar-refractivity contribution in [3.8, 4) is 0 Å². The Morgan fingerprint density at radius 2 is 1.53 bits per heavy atom. The molecule has 3 aromatic rings. The fraction of sp³-hybridized carbons (Fsp3) is 0.231. The van der Waals surface area contributed by atoms with Gasteiger partial charge in [0.25, 0.3) is 5.91 Å². The van der Waals surface area contributed by atoms with Gasteiger partial charge in [0.05, 0.1) is 17.4 Å². The van der Waals surface area contributed by atoms with E-state index in [9.17, 15) is 9.59 Å². The summed E-state index contributed by atoms with van der Waals surface area (Å²) in [5, 5.41) is 1.72. The summed E-state index contributed by atoms with van der Waals surface area (Å²) >= 11 is 3.54. The van der Waals surface area contributed by atoms with E-state index in [4.69, 9.17) is 4.84 Å². The molecule has 0 saturated carbocycles. The predicted molar refractivity (Wildman–Crippen MR) is 127 cm³/mol. The number of amides is 2. The largest absolute Gasteiger partial charge is 0.273 e. The number of benzene rings is 3. The Morgan fingerprint density at radius 1 is 0.844 bits per heavy atom. The average molecular weight is 491 g/mol. The first-order chi connectivity index (χ1) is 15.4. The summed E-state index contributed by atoms with van der Waals surface area (Å²) in [5.74, 6) is -1.18. The first kappa shape index (κ1) is 20.9. The highest BCUT2D eigenvalue weighted by molar-refractivity contribution is 9.10. The van der Waals surface area contributed by atoms with Crippen molar-refractivity contribution in [3.05, 3.63) is 93.5 Å². The van der Waals surface area contributed by atoms with E-state index in [1.165, 1.54) is 4.90 Å². The van der Waals surface area contributed by atoms with Crippen LogP contribution in [0.25, 0.3) is 0 Å². The summed E-state index contributed by atoms with van der Waals surface area (Å²) in [6.07, 6.45) is -0.869. The zero-order chi connectivity index (χ0) is 22.6. The van der Waals surface area contributed by atoms with Gasteiger partial charge in [-0.1, -0.05) is 64.0 Å². The first-order valence-corrected chi connectivity index (χ1v) is 11.4. The molecule has 3 atom stereocenters. The van der Waals surface area contributed by atoms with Crippen molar-refractivity contribution in [2.24, 2.45) is 5.92 Å². The second kappa shape index (κ2) is 7.87. The number of carbonyl (C=O) groups is 2. The van der Waals surface area contributed by atoms with Crippen molar-refractivity contribution in [2.45, 2.75) is 32.9 Å². The van der Waals surface area contributed by atoms with Crippen molar-refractivity contribution >= 4 is 39.1 Å². The molecular formula is C26H23BrN2O3. The topological polar surface area (TPSA) is 49.9 Å². The highest BCUT2D eigenvalue weighted by atomic mass is 79.9. The molecule has 0 N–H and O–H groups in total. The molecule has 2 heterocycles. The van der Waals surface area contributed by atoms with Crippen molar-refractivity contribution < 1.29 is 14.4 Å². The van der Waals surface area contributed by atoms with Crippen molar-refractivity contribution in [2.75, 3.05) is 9.96 Å². The van der Waals surface area contributed by atoms with Crippen LogP contribution in [-0.4, -0.2) is 17.9 Å². The molecule has 2 fully saturated rings. The molecule has 2 saturated heterocycles. The van der Waals surface area contributed by atoms with Crippen LogP contribution in [0.1, 0.15) is 28.3 Å². The smallest absolute Gasteiger partial charge is 0.266 e. The standard InChI is InChI=1S/C26H23BrN2O3/c1-15-12-16(2)22(17(3)13-15)28-25(30)21-23(18-8-7-9-19(27)14-18)29(32-24(21)26(28)31)20-10-5-4-6-11-20/h4-14,21,23-24H,1-3H3/t21-,23+,24-/m1/s1. The van der Waals surface area contributed by atoms with Gasteiger partial charge >= 0.3 is 0 Å². The minimum absolute atomic E-state index is 0.224. The lowest BCUT2D eigenvalue weighted by molar-refractivity contribution is -0.126. The van der Waals surface area contributed by atoms with E-state index in [-0.39, 0.29) is 11.8 Å². The highest BCUT2D eigenvalue weighted by Crippen LogP contribution is 2.48. The van der Waals surface area contributed by atoms with Gasteiger partial charge in [-0.2, -0.15) is 0 Å². The number of hydrogen-bond acceptors (Lipinski definition) is 4. The molecular weight excluding hydrogens is 468 g/mol. The number of imide groups is 1. The molecule has 0 radical (unpaired) electrons.